The van der Waals surface area contributed by atoms with E-state index in [2.05, 4.69) is 15.3 Å². The minimum atomic E-state index is -1.09. The number of hydrogen-bond donors (Lipinski definition) is 3. The first kappa shape index (κ1) is 17.2. The van der Waals surface area contributed by atoms with Crippen molar-refractivity contribution >= 4 is 17.6 Å². The number of H-pyrrole nitrogens is 1. The molecule has 126 valence electrons. The molecule has 8 nitrogen and oxygen atoms in total. The normalized spacial score (nSPS) is 10.2. The zero-order valence-corrected chi connectivity index (χ0v) is 13.3. The molecule has 1 heterocycles. The van der Waals surface area contributed by atoms with Crippen LogP contribution in [-0.2, 0) is 22.6 Å². The molecule has 1 amide bonds. The summed E-state index contributed by atoms with van der Waals surface area (Å²) in [4.78, 5) is 40.3. The van der Waals surface area contributed by atoms with Gasteiger partial charge in [0.2, 0.25) is 5.91 Å². The molecule has 24 heavy (non-hydrogen) atoms. The number of aryl methyl sites for hydroxylation is 1. The average Bonchev–Trinajstić information content (AvgIpc) is 2.49. The van der Waals surface area contributed by atoms with Gasteiger partial charge in [0.1, 0.15) is 18.2 Å². The highest BCUT2D eigenvalue weighted by Crippen LogP contribution is 2.16. The smallest absolute Gasteiger partial charge is 0.308 e. The van der Waals surface area contributed by atoms with Gasteiger partial charge in [0, 0.05) is 23.9 Å². The lowest BCUT2D eigenvalue weighted by Gasteiger charge is -2.09. The number of benzene rings is 1. The van der Waals surface area contributed by atoms with Crippen LogP contribution < -0.4 is 15.6 Å². The summed E-state index contributed by atoms with van der Waals surface area (Å²) in [6.07, 6.45) is -0.375. The number of rotatable bonds is 6. The number of nitrogens with zero attached hydrogens (tertiary/aromatic N) is 1. The molecular weight excluding hydrogens is 314 g/mol. The van der Waals surface area contributed by atoms with Gasteiger partial charge in [-0.1, -0.05) is 0 Å². The van der Waals surface area contributed by atoms with Crippen LogP contribution in [0.25, 0.3) is 0 Å². The second kappa shape index (κ2) is 7.40. The molecule has 0 saturated carbocycles. The first-order chi connectivity index (χ1) is 11.3. The molecule has 2 rings (SSSR count). The molecule has 0 aliphatic heterocycles. The standard InChI is InChI=1S/C16H17N3O5/c1-9-13(7-15(21)22)16(23)19-14(17-9)8-24-12-5-3-11(4-6-12)18-10(2)20/h3-6H,7-8H2,1-2H3,(H,18,20)(H,21,22)(H,17,19,23). The molecule has 0 aliphatic carbocycles. The van der Waals surface area contributed by atoms with E-state index in [0.717, 1.165) is 0 Å². The number of aliphatic carboxylic acids is 1. The Kier molecular flexibility index (Phi) is 5.31. The third-order valence-corrected chi connectivity index (χ3v) is 3.15. The predicted octanol–water partition coefficient (Wildman–Crippen LogP) is 1.24. The molecule has 0 bridgehead atoms. The van der Waals surface area contributed by atoms with Crippen LogP contribution in [0.3, 0.4) is 0 Å². The minimum Gasteiger partial charge on any atom is -0.486 e. The fourth-order valence-corrected chi connectivity index (χ4v) is 2.09. The van der Waals surface area contributed by atoms with E-state index in [1.165, 1.54) is 6.92 Å². The number of hydrogen-bond acceptors (Lipinski definition) is 5. The summed E-state index contributed by atoms with van der Waals surface area (Å²) in [5.41, 5.74) is 0.659. The van der Waals surface area contributed by atoms with Gasteiger partial charge < -0.3 is 20.1 Å². The van der Waals surface area contributed by atoms with Gasteiger partial charge in [0.05, 0.1) is 6.42 Å². The molecule has 2 aromatic rings. The first-order valence-electron chi connectivity index (χ1n) is 7.16. The summed E-state index contributed by atoms with van der Waals surface area (Å²) in [6, 6.07) is 6.73. The van der Waals surface area contributed by atoms with Crippen LogP contribution in [0, 0.1) is 6.92 Å². The second-order valence-corrected chi connectivity index (χ2v) is 5.14. The Labute approximate surface area is 137 Å². The monoisotopic (exact) mass is 331 g/mol. The molecule has 1 aromatic carbocycles. The molecule has 0 saturated heterocycles. The Balaban J connectivity index is 2.05. The van der Waals surface area contributed by atoms with E-state index in [4.69, 9.17) is 9.84 Å². The van der Waals surface area contributed by atoms with Crippen LogP contribution in [-0.4, -0.2) is 27.0 Å². The van der Waals surface area contributed by atoms with E-state index in [0.29, 0.717) is 23.0 Å². The highest BCUT2D eigenvalue weighted by Gasteiger charge is 2.12. The maximum absolute atomic E-state index is 11.9. The number of ether oxygens (including phenoxy) is 1. The molecule has 1 aromatic heterocycles. The zero-order chi connectivity index (χ0) is 17.7. The van der Waals surface area contributed by atoms with Gasteiger partial charge in [-0.25, -0.2) is 4.98 Å². The van der Waals surface area contributed by atoms with E-state index < -0.39 is 11.5 Å². The topological polar surface area (TPSA) is 121 Å². The number of nitrogens with one attached hydrogen (secondary N) is 2. The summed E-state index contributed by atoms with van der Waals surface area (Å²) in [5, 5.41) is 11.4. The van der Waals surface area contributed by atoms with Gasteiger partial charge in [0.25, 0.3) is 5.56 Å². The Morgan fingerprint density at radius 2 is 1.96 bits per heavy atom. The van der Waals surface area contributed by atoms with Crippen molar-refractivity contribution in [1.82, 2.24) is 9.97 Å². The number of carbonyl (C=O) groups is 2. The second-order valence-electron chi connectivity index (χ2n) is 5.14. The van der Waals surface area contributed by atoms with Gasteiger partial charge in [-0.15, -0.1) is 0 Å². The molecular formula is C16H17N3O5. The number of aromatic amines is 1. The van der Waals surface area contributed by atoms with Gasteiger partial charge in [-0.3, -0.25) is 14.4 Å². The lowest BCUT2D eigenvalue weighted by atomic mass is 10.2. The van der Waals surface area contributed by atoms with E-state index in [1.807, 2.05) is 0 Å². The van der Waals surface area contributed by atoms with Crippen molar-refractivity contribution in [1.29, 1.82) is 0 Å². The van der Waals surface area contributed by atoms with E-state index in [1.54, 1.807) is 31.2 Å². The quantitative estimate of drug-likeness (QED) is 0.732. The van der Waals surface area contributed by atoms with Crippen LogP contribution >= 0.6 is 0 Å². The lowest BCUT2D eigenvalue weighted by molar-refractivity contribution is -0.136. The van der Waals surface area contributed by atoms with Crippen molar-refractivity contribution in [3.8, 4) is 5.75 Å². The van der Waals surface area contributed by atoms with Crippen LogP contribution in [0.15, 0.2) is 29.1 Å². The number of carboxylic acid groups (broad SMARTS) is 1. The number of carboxylic acids is 1. The number of aromatic nitrogens is 2. The van der Waals surface area contributed by atoms with Gasteiger partial charge in [-0.05, 0) is 31.2 Å². The van der Waals surface area contributed by atoms with Crippen LogP contribution in [0.5, 0.6) is 5.75 Å². The van der Waals surface area contributed by atoms with Crippen LogP contribution in [0.2, 0.25) is 0 Å². The van der Waals surface area contributed by atoms with Crippen molar-refractivity contribution in [3.63, 3.8) is 0 Å². The molecule has 0 atom stereocenters. The largest absolute Gasteiger partial charge is 0.486 e. The molecule has 0 fully saturated rings. The molecule has 0 aliphatic rings. The number of carbonyl (C=O) groups excluding carboxylic acids is 1. The summed E-state index contributed by atoms with van der Waals surface area (Å²) < 4.78 is 5.52. The maximum atomic E-state index is 11.9. The predicted molar refractivity (Wildman–Crippen MR) is 86.0 cm³/mol. The van der Waals surface area contributed by atoms with Crippen molar-refractivity contribution in [2.24, 2.45) is 0 Å². The van der Waals surface area contributed by atoms with Gasteiger partial charge >= 0.3 is 5.97 Å². The SMILES string of the molecule is CC(=O)Nc1ccc(OCc2nc(C)c(CC(=O)O)c(=O)[nH]2)cc1. The average molecular weight is 331 g/mol. The Bertz CT molecular complexity index is 811. The molecule has 0 spiro atoms. The highest BCUT2D eigenvalue weighted by atomic mass is 16.5. The van der Waals surface area contributed by atoms with Crippen LogP contribution in [0.1, 0.15) is 24.0 Å². The summed E-state index contributed by atoms with van der Waals surface area (Å²) in [5.74, 6) is -0.410. The summed E-state index contributed by atoms with van der Waals surface area (Å²) in [6.45, 7) is 3.03. The highest BCUT2D eigenvalue weighted by molar-refractivity contribution is 5.88. The van der Waals surface area contributed by atoms with E-state index >= 15 is 0 Å². The maximum Gasteiger partial charge on any atom is 0.308 e. The van der Waals surface area contributed by atoms with Gasteiger partial charge in [0.15, 0.2) is 0 Å². The minimum absolute atomic E-state index is 0.0307. The van der Waals surface area contributed by atoms with E-state index in [-0.39, 0.29) is 24.5 Å². The van der Waals surface area contributed by atoms with Crippen molar-refractivity contribution < 1.29 is 19.4 Å². The molecule has 0 unspecified atom stereocenters. The first-order valence-corrected chi connectivity index (χ1v) is 7.16. The fraction of sp³-hybridized carbons (Fsp3) is 0.250. The third kappa shape index (κ3) is 4.67. The van der Waals surface area contributed by atoms with Crippen molar-refractivity contribution in [3.05, 3.63) is 51.7 Å². The summed E-state index contributed by atoms with van der Waals surface area (Å²) >= 11 is 0. The molecule has 0 radical (unpaired) electrons. The Hall–Kier alpha value is -3.16. The van der Waals surface area contributed by atoms with Crippen LogP contribution in [0.4, 0.5) is 5.69 Å². The number of amides is 1. The third-order valence-electron chi connectivity index (χ3n) is 3.15. The summed E-state index contributed by atoms with van der Waals surface area (Å²) in [7, 11) is 0. The molecule has 3 N–H and O–H groups in total. The van der Waals surface area contributed by atoms with Crippen molar-refractivity contribution in [2.75, 3.05) is 5.32 Å². The molecule has 8 heteroatoms. The number of anilines is 1. The van der Waals surface area contributed by atoms with E-state index in [9.17, 15) is 14.4 Å². The zero-order valence-electron chi connectivity index (χ0n) is 13.3. The van der Waals surface area contributed by atoms with Gasteiger partial charge in [-0.2, -0.15) is 0 Å². The Morgan fingerprint density at radius 1 is 1.29 bits per heavy atom. The Morgan fingerprint density at radius 3 is 2.50 bits per heavy atom. The fourth-order valence-electron chi connectivity index (χ4n) is 2.09. The van der Waals surface area contributed by atoms with Crippen molar-refractivity contribution in [2.45, 2.75) is 26.9 Å². The lowest BCUT2D eigenvalue weighted by Crippen LogP contribution is -2.22.